The lowest BCUT2D eigenvalue weighted by atomic mass is 9.99. The number of rotatable bonds is 4. The van der Waals surface area contributed by atoms with E-state index in [9.17, 15) is 13.9 Å². The number of halogens is 2. The molecule has 2 fully saturated rings. The molecule has 0 radical (unpaired) electrons. The van der Waals surface area contributed by atoms with Gasteiger partial charge in [-0.05, 0) is 36.6 Å². The average Bonchev–Trinajstić information content (AvgIpc) is 2.98. The highest BCUT2D eigenvalue weighted by Gasteiger charge is 2.39. The maximum Gasteiger partial charge on any atom is 0.127 e. The monoisotopic (exact) mass is 358 g/mol. The standard InChI is InChI=1S/C21H24F2N2O/c22-17-6-7-21(23)16(9-17)11-24-13-19-10-20(26)14-25(19)12-18(24)8-15-4-2-1-3-5-15/h1-7,9,18-20,26H,8,10-14H2/t18-,19-,20+/m0/s1. The van der Waals surface area contributed by atoms with Crippen molar-refractivity contribution in [3.05, 3.63) is 71.3 Å². The Morgan fingerprint density at radius 3 is 2.62 bits per heavy atom. The van der Waals surface area contributed by atoms with E-state index in [2.05, 4.69) is 21.9 Å². The van der Waals surface area contributed by atoms with Gasteiger partial charge in [0.15, 0.2) is 0 Å². The largest absolute Gasteiger partial charge is 0.392 e. The molecule has 0 aliphatic carbocycles. The molecule has 5 heteroatoms. The number of hydrogen-bond acceptors (Lipinski definition) is 3. The van der Waals surface area contributed by atoms with Crippen molar-refractivity contribution in [2.45, 2.75) is 37.6 Å². The second-order valence-electron chi connectivity index (χ2n) is 7.51. The quantitative estimate of drug-likeness (QED) is 0.911. The van der Waals surface area contributed by atoms with Crippen LogP contribution in [-0.4, -0.2) is 52.7 Å². The van der Waals surface area contributed by atoms with Crippen molar-refractivity contribution in [2.24, 2.45) is 0 Å². The summed E-state index contributed by atoms with van der Waals surface area (Å²) in [6.07, 6.45) is 1.32. The van der Waals surface area contributed by atoms with E-state index in [0.717, 1.165) is 32.0 Å². The zero-order valence-corrected chi connectivity index (χ0v) is 14.7. The summed E-state index contributed by atoms with van der Waals surface area (Å²) in [5.74, 6) is -0.769. The SMILES string of the molecule is O[C@@H]1C[C@H]2CN(Cc3cc(F)ccc3F)[C@@H](Cc3ccccc3)CN2C1. The van der Waals surface area contributed by atoms with Gasteiger partial charge >= 0.3 is 0 Å². The summed E-state index contributed by atoms with van der Waals surface area (Å²) in [4.78, 5) is 4.60. The van der Waals surface area contributed by atoms with Gasteiger partial charge in [-0.15, -0.1) is 0 Å². The fourth-order valence-electron chi connectivity index (χ4n) is 4.33. The van der Waals surface area contributed by atoms with Crippen LogP contribution >= 0.6 is 0 Å². The lowest BCUT2D eigenvalue weighted by Gasteiger charge is -2.43. The Morgan fingerprint density at radius 2 is 1.81 bits per heavy atom. The Hall–Kier alpha value is -1.82. The maximum atomic E-state index is 14.2. The molecule has 2 saturated heterocycles. The third-order valence-electron chi connectivity index (χ3n) is 5.61. The zero-order valence-electron chi connectivity index (χ0n) is 14.7. The number of nitrogens with zero attached hydrogens (tertiary/aromatic N) is 2. The first-order chi connectivity index (χ1) is 12.6. The van der Waals surface area contributed by atoms with Gasteiger partial charge in [0.1, 0.15) is 11.6 Å². The highest BCUT2D eigenvalue weighted by molar-refractivity contribution is 5.20. The van der Waals surface area contributed by atoms with Gasteiger partial charge in [0.05, 0.1) is 6.10 Å². The van der Waals surface area contributed by atoms with Crippen molar-refractivity contribution < 1.29 is 13.9 Å². The first kappa shape index (κ1) is 17.6. The predicted octanol–water partition coefficient (Wildman–Crippen LogP) is 2.83. The van der Waals surface area contributed by atoms with Gasteiger partial charge < -0.3 is 5.11 Å². The molecule has 1 N–H and O–H groups in total. The van der Waals surface area contributed by atoms with Crippen LogP contribution in [0.5, 0.6) is 0 Å². The summed E-state index contributed by atoms with van der Waals surface area (Å²) in [5.41, 5.74) is 1.63. The maximum absolute atomic E-state index is 14.2. The molecule has 0 saturated carbocycles. The van der Waals surface area contributed by atoms with Crippen LogP contribution in [0.25, 0.3) is 0 Å². The third-order valence-corrected chi connectivity index (χ3v) is 5.61. The van der Waals surface area contributed by atoms with E-state index in [0.29, 0.717) is 18.7 Å². The smallest absolute Gasteiger partial charge is 0.127 e. The fourth-order valence-corrected chi connectivity index (χ4v) is 4.33. The molecule has 4 rings (SSSR count). The van der Waals surface area contributed by atoms with Crippen LogP contribution in [0.1, 0.15) is 17.5 Å². The molecule has 2 aromatic rings. The number of aliphatic hydroxyl groups is 1. The van der Waals surface area contributed by atoms with Crippen LogP contribution in [0.15, 0.2) is 48.5 Å². The van der Waals surface area contributed by atoms with Crippen LogP contribution < -0.4 is 0 Å². The molecule has 0 amide bonds. The highest BCUT2D eigenvalue weighted by atomic mass is 19.1. The van der Waals surface area contributed by atoms with E-state index >= 15 is 0 Å². The van der Waals surface area contributed by atoms with Crippen molar-refractivity contribution in [3.8, 4) is 0 Å². The summed E-state index contributed by atoms with van der Waals surface area (Å²) in [5, 5.41) is 10.0. The molecule has 138 valence electrons. The first-order valence-electron chi connectivity index (χ1n) is 9.22. The highest BCUT2D eigenvalue weighted by Crippen LogP contribution is 2.28. The van der Waals surface area contributed by atoms with Gasteiger partial charge in [0.25, 0.3) is 0 Å². The van der Waals surface area contributed by atoms with Gasteiger partial charge in [0.2, 0.25) is 0 Å². The molecule has 0 bridgehead atoms. The molecule has 0 spiro atoms. The van der Waals surface area contributed by atoms with Gasteiger partial charge in [-0.3, -0.25) is 9.80 Å². The molecular formula is C21H24F2N2O. The molecule has 2 heterocycles. The number of piperazine rings is 1. The Balaban J connectivity index is 1.56. The lowest BCUT2D eigenvalue weighted by Crippen LogP contribution is -2.56. The summed E-state index contributed by atoms with van der Waals surface area (Å²) in [6.45, 7) is 2.71. The van der Waals surface area contributed by atoms with E-state index in [4.69, 9.17) is 0 Å². The van der Waals surface area contributed by atoms with Crippen LogP contribution in [0.2, 0.25) is 0 Å². The van der Waals surface area contributed by atoms with E-state index < -0.39 is 5.82 Å². The van der Waals surface area contributed by atoms with Crippen LogP contribution in [-0.2, 0) is 13.0 Å². The molecule has 2 aromatic carbocycles. The van der Waals surface area contributed by atoms with Crippen LogP contribution in [0.3, 0.4) is 0 Å². The number of benzene rings is 2. The first-order valence-corrected chi connectivity index (χ1v) is 9.22. The number of fused-ring (bicyclic) bond motifs is 1. The second-order valence-corrected chi connectivity index (χ2v) is 7.51. The minimum Gasteiger partial charge on any atom is -0.392 e. The Labute approximate surface area is 152 Å². The molecule has 3 atom stereocenters. The summed E-state index contributed by atoms with van der Waals surface area (Å²) >= 11 is 0. The Kier molecular flexibility index (Phi) is 5.02. The van der Waals surface area contributed by atoms with E-state index in [-0.39, 0.29) is 24.0 Å². The normalized spacial score (nSPS) is 26.8. The molecule has 3 nitrogen and oxygen atoms in total. The minimum atomic E-state index is -0.407. The van der Waals surface area contributed by atoms with Gasteiger partial charge in [-0.1, -0.05) is 30.3 Å². The molecule has 2 aliphatic rings. The number of hydrogen-bond donors (Lipinski definition) is 1. The van der Waals surface area contributed by atoms with Gasteiger partial charge in [0, 0.05) is 43.8 Å². The van der Waals surface area contributed by atoms with Crippen molar-refractivity contribution >= 4 is 0 Å². The summed E-state index contributed by atoms with van der Waals surface area (Å²) in [6, 6.07) is 14.4. The van der Waals surface area contributed by atoms with Crippen LogP contribution in [0.4, 0.5) is 8.78 Å². The number of aliphatic hydroxyl groups excluding tert-OH is 1. The minimum absolute atomic E-state index is 0.210. The molecule has 0 unspecified atom stereocenters. The molecule has 2 aliphatic heterocycles. The Bertz CT molecular complexity index is 755. The topological polar surface area (TPSA) is 26.7 Å². The van der Waals surface area contributed by atoms with Crippen molar-refractivity contribution in [1.29, 1.82) is 0 Å². The van der Waals surface area contributed by atoms with Crippen molar-refractivity contribution in [1.82, 2.24) is 9.80 Å². The summed E-state index contributed by atoms with van der Waals surface area (Å²) in [7, 11) is 0. The molecule has 0 aromatic heterocycles. The lowest BCUT2D eigenvalue weighted by molar-refractivity contribution is 0.0437. The zero-order chi connectivity index (χ0) is 18.1. The van der Waals surface area contributed by atoms with Crippen molar-refractivity contribution in [3.63, 3.8) is 0 Å². The third kappa shape index (κ3) is 3.80. The molecule has 26 heavy (non-hydrogen) atoms. The van der Waals surface area contributed by atoms with Crippen LogP contribution in [0, 0.1) is 11.6 Å². The summed E-state index contributed by atoms with van der Waals surface area (Å²) < 4.78 is 27.7. The Morgan fingerprint density at radius 1 is 1.00 bits per heavy atom. The van der Waals surface area contributed by atoms with Crippen molar-refractivity contribution in [2.75, 3.05) is 19.6 Å². The van der Waals surface area contributed by atoms with Gasteiger partial charge in [-0.25, -0.2) is 8.78 Å². The predicted molar refractivity (Wildman–Crippen MR) is 96.7 cm³/mol. The molecular weight excluding hydrogens is 334 g/mol. The van der Waals surface area contributed by atoms with E-state index in [1.165, 1.54) is 17.7 Å². The average molecular weight is 358 g/mol. The fraction of sp³-hybridized carbons (Fsp3) is 0.429. The van der Waals surface area contributed by atoms with Gasteiger partial charge in [-0.2, -0.15) is 0 Å². The van der Waals surface area contributed by atoms with E-state index in [1.807, 2.05) is 18.2 Å². The second kappa shape index (κ2) is 7.43. The van der Waals surface area contributed by atoms with E-state index in [1.54, 1.807) is 0 Å².